The first-order chi connectivity index (χ1) is 9.06. The van der Waals surface area contributed by atoms with Gasteiger partial charge in [-0.15, -0.1) is 0 Å². The Labute approximate surface area is 113 Å². The third kappa shape index (κ3) is 3.78. The fourth-order valence-electron chi connectivity index (χ4n) is 1.98. The Kier molecular flexibility index (Phi) is 4.55. The van der Waals surface area contributed by atoms with Gasteiger partial charge in [0.25, 0.3) is 0 Å². The Balaban J connectivity index is 1.86. The van der Waals surface area contributed by atoms with E-state index in [9.17, 15) is 4.79 Å². The van der Waals surface area contributed by atoms with Gasteiger partial charge < -0.3 is 9.26 Å². The predicted octanol–water partition coefficient (Wildman–Crippen LogP) is 1.46. The number of carbonyl (C=O) groups excluding carboxylic acids is 1. The van der Waals surface area contributed by atoms with Crippen LogP contribution in [0.15, 0.2) is 10.6 Å². The number of ether oxygens (including phenoxy) is 1. The molecule has 1 aliphatic rings. The second-order valence-corrected chi connectivity index (χ2v) is 5.21. The number of hydrogen-bond acceptors (Lipinski definition) is 5. The van der Waals surface area contributed by atoms with E-state index in [0.717, 1.165) is 12.2 Å². The van der Waals surface area contributed by atoms with Gasteiger partial charge in [0.05, 0.1) is 25.5 Å². The summed E-state index contributed by atoms with van der Waals surface area (Å²) in [4.78, 5) is 14.0. The molecule has 6 heteroatoms. The molecule has 1 atom stereocenters. The minimum atomic E-state index is -0.0831. The molecule has 0 radical (unpaired) electrons. The van der Waals surface area contributed by atoms with Crippen LogP contribution in [-0.4, -0.2) is 48.3 Å². The van der Waals surface area contributed by atoms with Gasteiger partial charge >= 0.3 is 0 Å². The summed E-state index contributed by atoms with van der Waals surface area (Å²) in [5.41, 5.74) is 0.843. The molecule has 0 saturated carbocycles. The van der Waals surface area contributed by atoms with Gasteiger partial charge in [-0.1, -0.05) is 19.0 Å². The molecule has 1 fully saturated rings. The van der Waals surface area contributed by atoms with E-state index in [0.29, 0.717) is 25.6 Å². The first-order valence-electron chi connectivity index (χ1n) is 6.64. The first kappa shape index (κ1) is 14.0. The van der Waals surface area contributed by atoms with E-state index >= 15 is 0 Å². The Bertz CT molecular complexity index is 431. The van der Waals surface area contributed by atoms with Crippen molar-refractivity contribution in [2.75, 3.05) is 31.6 Å². The number of anilines is 1. The van der Waals surface area contributed by atoms with Crippen molar-refractivity contribution in [3.63, 3.8) is 0 Å². The van der Waals surface area contributed by atoms with Crippen molar-refractivity contribution in [1.82, 2.24) is 10.1 Å². The summed E-state index contributed by atoms with van der Waals surface area (Å²) in [5, 5.41) is 6.64. The number of carbonyl (C=O) groups is 1. The summed E-state index contributed by atoms with van der Waals surface area (Å²) >= 11 is 0. The summed E-state index contributed by atoms with van der Waals surface area (Å²) in [6, 6.07) is 2.03. The second-order valence-electron chi connectivity index (χ2n) is 5.21. The first-order valence-corrected chi connectivity index (χ1v) is 6.64. The highest BCUT2D eigenvalue weighted by atomic mass is 16.5. The smallest absolute Gasteiger partial charge is 0.240 e. The lowest BCUT2D eigenvalue weighted by Gasteiger charge is -2.32. The molecule has 1 aromatic rings. The molecule has 1 aromatic heterocycles. The molecule has 0 spiro atoms. The van der Waals surface area contributed by atoms with Crippen molar-refractivity contribution < 1.29 is 14.1 Å². The molecule has 0 unspecified atom stereocenters. The number of hydrogen-bond donors (Lipinski definition) is 1. The summed E-state index contributed by atoms with van der Waals surface area (Å²) in [5.74, 6) is 0.614. The number of aromatic nitrogens is 1. The van der Waals surface area contributed by atoms with Crippen molar-refractivity contribution in [3.8, 4) is 0 Å². The quantitative estimate of drug-likeness (QED) is 0.894. The topological polar surface area (TPSA) is 67.6 Å². The molecule has 106 valence electrons. The van der Waals surface area contributed by atoms with E-state index in [1.165, 1.54) is 0 Å². The molecule has 1 N–H and O–H groups in total. The van der Waals surface area contributed by atoms with Crippen LogP contribution in [0.5, 0.6) is 0 Å². The summed E-state index contributed by atoms with van der Waals surface area (Å²) in [6.45, 7) is 8.59. The van der Waals surface area contributed by atoms with Gasteiger partial charge in [0.15, 0.2) is 0 Å². The molecule has 0 aliphatic carbocycles. The van der Waals surface area contributed by atoms with Crippen LogP contribution in [0.1, 0.15) is 32.4 Å². The van der Waals surface area contributed by atoms with E-state index < -0.39 is 0 Å². The number of rotatable bonds is 4. The van der Waals surface area contributed by atoms with Crippen molar-refractivity contribution >= 4 is 11.8 Å². The molecule has 2 heterocycles. The molecule has 1 saturated heterocycles. The van der Waals surface area contributed by atoms with Crippen LogP contribution in [0, 0.1) is 0 Å². The van der Waals surface area contributed by atoms with Crippen LogP contribution in [0.25, 0.3) is 0 Å². The zero-order valence-corrected chi connectivity index (χ0v) is 11.7. The van der Waals surface area contributed by atoms with E-state index in [2.05, 4.69) is 22.3 Å². The highest BCUT2D eigenvalue weighted by Gasteiger charge is 2.21. The van der Waals surface area contributed by atoms with Crippen LogP contribution in [0.4, 0.5) is 5.88 Å². The summed E-state index contributed by atoms with van der Waals surface area (Å²) < 4.78 is 10.4. The maximum atomic E-state index is 11.9. The third-order valence-electron chi connectivity index (χ3n) is 3.23. The van der Waals surface area contributed by atoms with Crippen LogP contribution in [0.2, 0.25) is 0 Å². The molecular formula is C13H21N3O3. The Morgan fingerprint density at radius 3 is 3.05 bits per heavy atom. The number of morpholine rings is 1. The zero-order chi connectivity index (χ0) is 13.8. The lowest BCUT2D eigenvalue weighted by molar-refractivity contribution is -0.119. The van der Waals surface area contributed by atoms with Crippen molar-refractivity contribution in [2.24, 2.45) is 0 Å². The van der Waals surface area contributed by atoms with Crippen molar-refractivity contribution in [1.29, 1.82) is 0 Å². The van der Waals surface area contributed by atoms with Gasteiger partial charge in [-0.25, -0.2) is 0 Å². The number of amides is 1. The largest absolute Gasteiger partial charge is 0.379 e. The van der Waals surface area contributed by atoms with Gasteiger partial charge in [-0.2, -0.15) is 0 Å². The lowest BCUT2D eigenvalue weighted by Crippen LogP contribution is -2.47. The minimum Gasteiger partial charge on any atom is -0.379 e. The molecule has 2 rings (SSSR count). The van der Waals surface area contributed by atoms with Crippen molar-refractivity contribution in [3.05, 3.63) is 11.8 Å². The van der Waals surface area contributed by atoms with E-state index in [1.54, 1.807) is 6.07 Å². The molecule has 0 aromatic carbocycles. The maximum absolute atomic E-state index is 11.9. The van der Waals surface area contributed by atoms with Gasteiger partial charge in [0.2, 0.25) is 11.8 Å². The minimum absolute atomic E-state index is 0.0831. The normalized spacial score (nSPS) is 20.7. The van der Waals surface area contributed by atoms with Crippen LogP contribution < -0.4 is 5.32 Å². The monoisotopic (exact) mass is 267 g/mol. The average molecular weight is 267 g/mol. The van der Waals surface area contributed by atoms with Gasteiger partial charge in [0.1, 0.15) is 0 Å². The third-order valence-corrected chi connectivity index (χ3v) is 3.23. The molecule has 6 nitrogen and oxygen atoms in total. The second kappa shape index (κ2) is 6.16. The Hall–Kier alpha value is -1.40. The predicted molar refractivity (Wildman–Crippen MR) is 71.1 cm³/mol. The standard InChI is InChI=1S/C13H21N3O3/c1-9(2)11-6-13(19-15-11)14-12(17)7-16-4-5-18-8-10(16)3/h6,9-10H,4-5,7-8H2,1-3H3,(H,14,17)/t10-/m1/s1. The molecule has 0 bridgehead atoms. The van der Waals surface area contributed by atoms with Gasteiger partial charge in [-0.05, 0) is 12.8 Å². The van der Waals surface area contributed by atoms with Crippen molar-refractivity contribution in [2.45, 2.75) is 32.7 Å². The number of nitrogens with zero attached hydrogens (tertiary/aromatic N) is 2. The van der Waals surface area contributed by atoms with Crippen LogP contribution in [-0.2, 0) is 9.53 Å². The van der Waals surface area contributed by atoms with Gasteiger partial charge in [0, 0.05) is 18.7 Å². The van der Waals surface area contributed by atoms with E-state index in [-0.39, 0.29) is 17.9 Å². The van der Waals surface area contributed by atoms with Gasteiger partial charge in [-0.3, -0.25) is 15.0 Å². The fraction of sp³-hybridized carbons (Fsp3) is 0.692. The summed E-state index contributed by atoms with van der Waals surface area (Å²) in [7, 11) is 0. The lowest BCUT2D eigenvalue weighted by atomic mass is 10.1. The van der Waals surface area contributed by atoms with Crippen LogP contribution in [0.3, 0.4) is 0 Å². The van der Waals surface area contributed by atoms with Crippen LogP contribution >= 0.6 is 0 Å². The Morgan fingerprint density at radius 2 is 2.42 bits per heavy atom. The zero-order valence-electron chi connectivity index (χ0n) is 11.7. The maximum Gasteiger partial charge on any atom is 0.240 e. The molecule has 1 amide bonds. The average Bonchev–Trinajstić information content (AvgIpc) is 2.80. The number of nitrogens with one attached hydrogen (secondary N) is 1. The molecule has 1 aliphatic heterocycles. The SMILES string of the molecule is CC(C)c1cc(NC(=O)CN2CCOC[C@H]2C)on1. The summed E-state index contributed by atoms with van der Waals surface area (Å²) in [6.07, 6.45) is 0. The van der Waals surface area contributed by atoms with E-state index in [1.807, 2.05) is 13.8 Å². The van der Waals surface area contributed by atoms with E-state index in [4.69, 9.17) is 9.26 Å². The molecular weight excluding hydrogens is 246 g/mol. The Morgan fingerprint density at radius 1 is 1.63 bits per heavy atom. The highest BCUT2D eigenvalue weighted by molar-refractivity contribution is 5.91. The fourth-order valence-corrected chi connectivity index (χ4v) is 1.98. The highest BCUT2D eigenvalue weighted by Crippen LogP contribution is 2.17. The molecule has 19 heavy (non-hydrogen) atoms.